The highest BCUT2D eigenvalue weighted by atomic mass is 31.0. The molecule has 0 aromatic carbocycles. The summed E-state index contributed by atoms with van der Waals surface area (Å²) in [7, 11) is 2.71. The van der Waals surface area contributed by atoms with Gasteiger partial charge >= 0.3 is 0 Å². The van der Waals surface area contributed by atoms with Crippen LogP contribution in [0.1, 0.15) is 123 Å². The predicted octanol–water partition coefficient (Wildman–Crippen LogP) is 7.88. The van der Waals surface area contributed by atoms with Gasteiger partial charge in [-0.3, -0.25) is 0 Å². The van der Waals surface area contributed by atoms with Crippen molar-refractivity contribution >= 4 is 9.24 Å². The molecule has 0 aliphatic heterocycles. The molecule has 0 heterocycles. The summed E-state index contributed by atoms with van der Waals surface area (Å²) in [5.41, 5.74) is 0. The average molecular weight is 345 g/mol. The van der Waals surface area contributed by atoms with Crippen molar-refractivity contribution < 1.29 is 4.74 Å². The molecule has 0 aromatic rings. The van der Waals surface area contributed by atoms with Crippen LogP contribution in [-0.4, -0.2) is 12.5 Å². The molecule has 2 unspecified atom stereocenters. The van der Waals surface area contributed by atoms with E-state index in [0.29, 0.717) is 6.10 Å². The molecular weight excluding hydrogens is 299 g/mol. The van der Waals surface area contributed by atoms with Gasteiger partial charge in [0, 0.05) is 0 Å². The van der Waals surface area contributed by atoms with E-state index in [2.05, 4.69) is 23.1 Å². The highest BCUT2D eigenvalue weighted by Gasteiger charge is 2.07. The third-order valence-corrected chi connectivity index (χ3v) is 5.03. The Balaban J connectivity index is 3.34. The van der Waals surface area contributed by atoms with E-state index < -0.39 is 0 Å². The molecule has 0 aromatic heterocycles. The SMILES string of the molecule is CCCCCCCCCCCCCC(CCCCCC)OCP. The van der Waals surface area contributed by atoms with Crippen molar-refractivity contribution in [2.45, 2.75) is 129 Å². The minimum absolute atomic E-state index is 0.517. The Kier molecular flexibility index (Phi) is 20.8. The quantitative estimate of drug-likeness (QED) is 0.171. The summed E-state index contributed by atoms with van der Waals surface area (Å²) in [5, 5.41) is 0. The zero-order valence-electron chi connectivity index (χ0n) is 16.3. The summed E-state index contributed by atoms with van der Waals surface area (Å²) in [6.07, 6.45) is 25.0. The lowest BCUT2D eigenvalue weighted by atomic mass is 10.0. The normalized spacial score (nSPS) is 12.7. The van der Waals surface area contributed by atoms with Crippen LogP contribution >= 0.6 is 9.24 Å². The summed E-state index contributed by atoms with van der Waals surface area (Å²) < 4.78 is 5.88. The summed E-state index contributed by atoms with van der Waals surface area (Å²) in [6, 6.07) is 0. The fraction of sp³-hybridized carbons (Fsp3) is 1.00. The largest absolute Gasteiger partial charge is 0.374 e. The topological polar surface area (TPSA) is 9.23 Å². The second kappa shape index (κ2) is 20.4. The zero-order valence-corrected chi connectivity index (χ0v) is 17.4. The Bertz CT molecular complexity index is 208. The Morgan fingerprint density at radius 1 is 0.565 bits per heavy atom. The first-order chi connectivity index (χ1) is 11.3. The van der Waals surface area contributed by atoms with Gasteiger partial charge in [-0.2, -0.15) is 0 Å². The molecule has 2 heteroatoms. The monoisotopic (exact) mass is 344 g/mol. The third-order valence-electron chi connectivity index (χ3n) is 4.84. The van der Waals surface area contributed by atoms with E-state index in [4.69, 9.17) is 4.74 Å². The molecule has 0 fully saturated rings. The van der Waals surface area contributed by atoms with E-state index in [9.17, 15) is 0 Å². The maximum Gasteiger partial charge on any atom is 0.0606 e. The van der Waals surface area contributed by atoms with Gasteiger partial charge in [0.05, 0.1) is 12.5 Å². The minimum atomic E-state index is 0.517. The van der Waals surface area contributed by atoms with Crippen LogP contribution in [0.4, 0.5) is 0 Å². The smallest absolute Gasteiger partial charge is 0.0606 e. The van der Waals surface area contributed by atoms with Gasteiger partial charge in [0.25, 0.3) is 0 Å². The van der Waals surface area contributed by atoms with Crippen molar-refractivity contribution in [3.63, 3.8) is 0 Å². The molecule has 0 spiro atoms. The van der Waals surface area contributed by atoms with Crippen LogP contribution in [0.3, 0.4) is 0 Å². The fourth-order valence-electron chi connectivity index (χ4n) is 3.28. The summed E-state index contributed by atoms with van der Waals surface area (Å²) >= 11 is 0. The van der Waals surface area contributed by atoms with Crippen molar-refractivity contribution in [1.29, 1.82) is 0 Å². The lowest BCUT2D eigenvalue weighted by Crippen LogP contribution is -2.12. The Morgan fingerprint density at radius 3 is 1.30 bits per heavy atom. The van der Waals surface area contributed by atoms with Crippen LogP contribution in [0, 0.1) is 0 Å². The van der Waals surface area contributed by atoms with Crippen LogP contribution in [0.5, 0.6) is 0 Å². The van der Waals surface area contributed by atoms with E-state index in [1.165, 1.54) is 109 Å². The maximum atomic E-state index is 5.88. The number of hydrogen-bond acceptors (Lipinski definition) is 1. The lowest BCUT2D eigenvalue weighted by molar-refractivity contribution is 0.0715. The first-order valence-corrected chi connectivity index (χ1v) is 11.5. The highest BCUT2D eigenvalue weighted by molar-refractivity contribution is 7.16. The molecule has 140 valence electrons. The van der Waals surface area contributed by atoms with Crippen LogP contribution in [0.15, 0.2) is 0 Å². The van der Waals surface area contributed by atoms with Gasteiger partial charge in [-0.1, -0.05) is 110 Å². The van der Waals surface area contributed by atoms with E-state index in [1.807, 2.05) is 0 Å². The standard InChI is InChI=1S/C21H45OP/c1-3-5-7-9-10-11-12-13-14-15-17-19-21(22-20-23)18-16-8-6-4-2/h21H,3-20,23H2,1-2H3. The van der Waals surface area contributed by atoms with Crippen molar-refractivity contribution in [2.24, 2.45) is 0 Å². The Morgan fingerprint density at radius 2 is 0.913 bits per heavy atom. The molecule has 0 radical (unpaired) electrons. The molecule has 0 saturated carbocycles. The van der Waals surface area contributed by atoms with Gasteiger partial charge < -0.3 is 4.74 Å². The second-order valence-corrected chi connectivity index (χ2v) is 7.46. The summed E-state index contributed by atoms with van der Waals surface area (Å²) in [5.74, 6) is 0. The van der Waals surface area contributed by atoms with Gasteiger partial charge in [0.2, 0.25) is 0 Å². The second-order valence-electron chi connectivity index (χ2n) is 7.13. The number of hydrogen-bond donors (Lipinski definition) is 0. The molecule has 0 saturated heterocycles. The van der Waals surface area contributed by atoms with Gasteiger partial charge in [-0.25, -0.2) is 0 Å². The Labute approximate surface area is 149 Å². The number of rotatable bonds is 19. The van der Waals surface area contributed by atoms with Gasteiger partial charge in [0.1, 0.15) is 0 Å². The number of unbranched alkanes of at least 4 members (excludes halogenated alkanes) is 13. The molecular formula is C21H45OP. The first-order valence-electron chi connectivity index (χ1n) is 10.7. The van der Waals surface area contributed by atoms with Crippen LogP contribution in [-0.2, 0) is 4.74 Å². The molecule has 0 bridgehead atoms. The molecule has 0 amide bonds. The van der Waals surface area contributed by atoms with Crippen molar-refractivity contribution in [3.8, 4) is 0 Å². The van der Waals surface area contributed by atoms with E-state index in [1.54, 1.807) is 0 Å². The minimum Gasteiger partial charge on any atom is -0.374 e. The molecule has 0 N–H and O–H groups in total. The Hall–Kier alpha value is 0.390. The molecule has 0 aliphatic rings. The molecule has 23 heavy (non-hydrogen) atoms. The van der Waals surface area contributed by atoms with Gasteiger partial charge in [-0.15, -0.1) is 9.24 Å². The van der Waals surface area contributed by atoms with Crippen LogP contribution < -0.4 is 0 Å². The zero-order chi connectivity index (χ0) is 17.0. The number of ether oxygens (including phenoxy) is 1. The molecule has 0 aliphatic carbocycles. The lowest BCUT2D eigenvalue weighted by Gasteiger charge is -2.16. The van der Waals surface area contributed by atoms with E-state index >= 15 is 0 Å². The average Bonchev–Trinajstić information content (AvgIpc) is 2.56. The van der Waals surface area contributed by atoms with Crippen molar-refractivity contribution in [3.05, 3.63) is 0 Å². The predicted molar refractivity (Wildman–Crippen MR) is 109 cm³/mol. The molecule has 0 rings (SSSR count). The summed E-state index contributed by atoms with van der Waals surface area (Å²) in [4.78, 5) is 0. The molecule has 1 nitrogen and oxygen atoms in total. The maximum absolute atomic E-state index is 5.88. The third kappa shape index (κ3) is 18.6. The van der Waals surface area contributed by atoms with E-state index in [-0.39, 0.29) is 0 Å². The van der Waals surface area contributed by atoms with Gasteiger partial charge in [-0.05, 0) is 12.8 Å². The van der Waals surface area contributed by atoms with Crippen molar-refractivity contribution in [1.82, 2.24) is 0 Å². The molecule has 2 atom stereocenters. The highest BCUT2D eigenvalue weighted by Crippen LogP contribution is 2.17. The van der Waals surface area contributed by atoms with Crippen LogP contribution in [0.2, 0.25) is 0 Å². The first kappa shape index (κ1) is 23.4. The van der Waals surface area contributed by atoms with Crippen molar-refractivity contribution in [2.75, 3.05) is 6.35 Å². The van der Waals surface area contributed by atoms with Gasteiger partial charge in [0.15, 0.2) is 0 Å². The van der Waals surface area contributed by atoms with Crippen LogP contribution in [0.25, 0.3) is 0 Å². The van der Waals surface area contributed by atoms with E-state index in [0.717, 1.165) is 6.35 Å². The fourth-order valence-corrected chi connectivity index (χ4v) is 3.55. The summed E-state index contributed by atoms with van der Waals surface area (Å²) in [6.45, 7) is 4.57.